The molecule has 0 aliphatic heterocycles. The molecule has 0 aromatic heterocycles. The number of benzene rings is 2. The molecule has 0 radical (unpaired) electrons. The second-order valence-electron chi connectivity index (χ2n) is 6.17. The van der Waals surface area contributed by atoms with Gasteiger partial charge in [0.1, 0.15) is 0 Å². The average Bonchev–Trinajstić information content (AvgIpc) is 2.62. The van der Waals surface area contributed by atoms with Gasteiger partial charge >= 0.3 is 5.97 Å². The number of amides is 2. The fourth-order valence-electron chi connectivity index (χ4n) is 2.61. The Morgan fingerprint density at radius 2 is 1.52 bits per heavy atom. The molecular weight excluding hydrogens is 346 g/mol. The van der Waals surface area contributed by atoms with Gasteiger partial charge in [-0.25, -0.2) is 5.84 Å². The van der Waals surface area contributed by atoms with Crippen LogP contribution < -0.4 is 21.3 Å². The zero-order chi connectivity index (χ0) is 19.8. The Bertz CT molecular complexity index is 832. The van der Waals surface area contributed by atoms with Crippen LogP contribution in [-0.4, -0.2) is 17.8 Å². The van der Waals surface area contributed by atoms with E-state index < -0.39 is 5.97 Å². The topological polar surface area (TPSA) is 111 Å². The maximum absolute atomic E-state index is 11.4. The first kappa shape index (κ1) is 20.1. The van der Waals surface area contributed by atoms with Gasteiger partial charge in [-0.2, -0.15) is 0 Å². The molecule has 0 fully saturated rings. The van der Waals surface area contributed by atoms with Crippen molar-refractivity contribution in [3.8, 4) is 5.75 Å². The zero-order valence-corrected chi connectivity index (χ0v) is 15.4. The lowest BCUT2D eigenvalue weighted by atomic mass is 10.0. The predicted octanol–water partition coefficient (Wildman–Crippen LogP) is 1.89. The van der Waals surface area contributed by atoms with Gasteiger partial charge in [-0.15, -0.1) is 0 Å². The summed E-state index contributed by atoms with van der Waals surface area (Å²) in [5.74, 6) is 4.49. The molecule has 2 aromatic carbocycles. The van der Waals surface area contributed by atoms with Crippen molar-refractivity contribution >= 4 is 23.5 Å². The highest BCUT2D eigenvalue weighted by atomic mass is 16.5. The van der Waals surface area contributed by atoms with Crippen LogP contribution in [0.25, 0.3) is 0 Å². The molecule has 4 N–H and O–H groups in total. The molecule has 142 valence electrons. The van der Waals surface area contributed by atoms with E-state index in [-0.39, 0.29) is 18.2 Å². The van der Waals surface area contributed by atoms with Gasteiger partial charge < -0.3 is 10.1 Å². The minimum absolute atomic E-state index is 0.235. The Balaban J connectivity index is 2.05. The van der Waals surface area contributed by atoms with Crippen molar-refractivity contribution in [1.82, 2.24) is 5.43 Å². The van der Waals surface area contributed by atoms with Gasteiger partial charge in [-0.1, -0.05) is 30.3 Å². The fourth-order valence-corrected chi connectivity index (χ4v) is 2.61. The number of carbonyl (C=O) groups is 3. The van der Waals surface area contributed by atoms with Crippen LogP contribution in [0, 0.1) is 0 Å². The molecule has 0 heterocycles. The lowest BCUT2D eigenvalue weighted by Gasteiger charge is -2.12. The molecule has 0 aliphatic carbocycles. The van der Waals surface area contributed by atoms with Crippen molar-refractivity contribution in [2.75, 3.05) is 5.32 Å². The SMILES string of the molecule is CC(=O)Nc1cc(CCc2ccc(CC(=O)NN)cc2)ccc1OC(C)=O. The van der Waals surface area contributed by atoms with E-state index in [9.17, 15) is 14.4 Å². The highest BCUT2D eigenvalue weighted by molar-refractivity contribution is 5.91. The van der Waals surface area contributed by atoms with Crippen LogP contribution in [-0.2, 0) is 33.6 Å². The standard InChI is InChI=1S/C20H23N3O4/c1-13(24)22-18-11-16(9-10-19(18)27-14(2)25)6-3-15-4-7-17(8-5-15)12-20(26)23-21/h4-5,7-11H,3,6,12,21H2,1-2H3,(H,22,24)(H,23,26). The first-order valence-corrected chi connectivity index (χ1v) is 8.53. The third kappa shape index (κ3) is 6.56. The molecule has 7 heteroatoms. The largest absolute Gasteiger partial charge is 0.424 e. The van der Waals surface area contributed by atoms with E-state index in [1.54, 1.807) is 12.1 Å². The summed E-state index contributed by atoms with van der Waals surface area (Å²) in [6.07, 6.45) is 1.78. The molecule has 27 heavy (non-hydrogen) atoms. The van der Waals surface area contributed by atoms with Gasteiger partial charge in [0.05, 0.1) is 12.1 Å². The monoisotopic (exact) mass is 369 g/mol. The lowest BCUT2D eigenvalue weighted by molar-refractivity contribution is -0.132. The highest BCUT2D eigenvalue weighted by Gasteiger charge is 2.09. The second kappa shape index (κ2) is 9.49. The number of ether oxygens (including phenoxy) is 1. The Hall–Kier alpha value is -3.19. The molecule has 2 rings (SSSR count). The normalized spacial score (nSPS) is 10.2. The van der Waals surface area contributed by atoms with Crippen LogP contribution in [0.2, 0.25) is 0 Å². The van der Waals surface area contributed by atoms with Crippen molar-refractivity contribution in [3.05, 3.63) is 59.2 Å². The Morgan fingerprint density at radius 3 is 2.11 bits per heavy atom. The summed E-state index contributed by atoms with van der Waals surface area (Å²) in [7, 11) is 0. The molecule has 0 spiro atoms. The number of hydrogen-bond donors (Lipinski definition) is 3. The zero-order valence-electron chi connectivity index (χ0n) is 15.4. The number of hydrogen-bond acceptors (Lipinski definition) is 5. The lowest BCUT2D eigenvalue weighted by Crippen LogP contribution is -2.31. The number of anilines is 1. The number of hydrazine groups is 1. The van der Waals surface area contributed by atoms with Gasteiger partial charge in [0.2, 0.25) is 11.8 Å². The van der Waals surface area contributed by atoms with E-state index in [2.05, 4.69) is 10.7 Å². The average molecular weight is 369 g/mol. The third-order valence-electron chi connectivity index (χ3n) is 3.86. The minimum atomic E-state index is -0.447. The van der Waals surface area contributed by atoms with E-state index in [4.69, 9.17) is 10.6 Å². The predicted molar refractivity (Wildman–Crippen MR) is 102 cm³/mol. The number of aryl methyl sites for hydroxylation is 2. The molecule has 2 aromatic rings. The molecule has 7 nitrogen and oxygen atoms in total. The summed E-state index contributed by atoms with van der Waals surface area (Å²) in [4.78, 5) is 33.9. The van der Waals surface area contributed by atoms with Gasteiger partial charge in [0.25, 0.3) is 0 Å². The summed E-state index contributed by atoms with van der Waals surface area (Å²) in [6, 6.07) is 13.1. The van der Waals surface area contributed by atoms with Gasteiger partial charge in [0.15, 0.2) is 5.75 Å². The number of rotatable bonds is 7. The van der Waals surface area contributed by atoms with Crippen LogP contribution >= 0.6 is 0 Å². The molecule has 0 aliphatic rings. The van der Waals surface area contributed by atoms with E-state index in [1.165, 1.54) is 13.8 Å². The van der Waals surface area contributed by atoms with Crippen molar-refractivity contribution in [2.24, 2.45) is 5.84 Å². The van der Waals surface area contributed by atoms with Crippen LogP contribution in [0.15, 0.2) is 42.5 Å². The van der Waals surface area contributed by atoms with Crippen molar-refractivity contribution in [1.29, 1.82) is 0 Å². The molecule has 0 saturated carbocycles. The van der Waals surface area contributed by atoms with E-state index >= 15 is 0 Å². The smallest absolute Gasteiger partial charge is 0.308 e. The Labute approximate surface area is 157 Å². The second-order valence-corrected chi connectivity index (χ2v) is 6.17. The summed E-state index contributed by atoms with van der Waals surface area (Å²) < 4.78 is 5.12. The van der Waals surface area contributed by atoms with Crippen LogP contribution in [0.5, 0.6) is 5.75 Å². The van der Waals surface area contributed by atoms with Crippen molar-refractivity contribution in [3.63, 3.8) is 0 Å². The first-order chi connectivity index (χ1) is 12.9. The maximum atomic E-state index is 11.4. The molecule has 0 unspecified atom stereocenters. The summed E-state index contributed by atoms with van der Waals surface area (Å²) >= 11 is 0. The van der Waals surface area contributed by atoms with Gasteiger partial charge in [0, 0.05) is 13.8 Å². The summed E-state index contributed by atoms with van der Waals surface area (Å²) in [6.45, 7) is 2.71. The number of carbonyl (C=O) groups excluding carboxylic acids is 3. The number of nitrogens with two attached hydrogens (primary N) is 1. The summed E-state index contributed by atoms with van der Waals surface area (Å²) in [5, 5.41) is 2.68. The number of nitrogens with one attached hydrogen (secondary N) is 2. The van der Waals surface area contributed by atoms with E-state index in [0.717, 1.165) is 29.5 Å². The first-order valence-electron chi connectivity index (χ1n) is 8.53. The highest BCUT2D eigenvalue weighted by Crippen LogP contribution is 2.27. The molecular formula is C20H23N3O4. The maximum Gasteiger partial charge on any atom is 0.308 e. The van der Waals surface area contributed by atoms with E-state index in [0.29, 0.717) is 11.4 Å². The van der Waals surface area contributed by atoms with Gasteiger partial charge in [-0.05, 0) is 41.7 Å². The number of esters is 1. The quantitative estimate of drug-likeness (QED) is 0.227. The molecule has 0 atom stereocenters. The Morgan fingerprint density at radius 1 is 0.926 bits per heavy atom. The Kier molecular flexibility index (Phi) is 7.08. The summed E-state index contributed by atoms with van der Waals surface area (Å²) in [5.41, 5.74) is 5.59. The minimum Gasteiger partial charge on any atom is -0.424 e. The molecule has 0 saturated heterocycles. The van der Waals surface area contributed by atoms with E-state index in [1.807, 2.05) is 30.3 Å². The third-order valence-corrected chi connectivity index (χ3v) is 3.86. The molecule has 0 bridgehead atoms. The van der Waals surface area contributed by atoms with Crippen LogP contribution in [0.3, 0.4) is 0 Å². The van der Waals surface area contributed by atoms with Crippen molar-refractivity contribution in [2.45, 2.75) is 33.1 Å². The van der Waals surface area contributed by atoms with Crippen molar-refractivity contribution < 1.29 is 19.1 Å². The van der Waals surface area contributed by atoms with Gasteiger partial charge in [-0.3, -0.25) is 19.8 Å². The van der Waals surface area contributed by atoms with Crippen LogP contribution in [0.4, 0.5) is 5.69 Å². The molecule has 2 amide bonds. The van der Waals surface area contributed by atoms with Crippen LogP contribution in [0.1, 0.15) is 30.5 Å². The fraction of sp³-hybridized carbons (Fsp3) is 0.250.